The predicted octanol–water partition coefficient (Wildman–Crippen LogP) is 8.24. The van der Waals surface area contributed by atoms with Gasteiger partial charge in [-0.3, -0.25) is 4.55 Å². The number of aryl methyl sites for hydroxylation is 2. The molecule has 0 atom stereocenters. The minimum absolute atomic E-state index is 0.0666. The molecule has 0 spiro atoms. The molecule has 0 fully saturated rings. The van der Waals surface area contributed by atoms with Crippen LogP contribution in [0.3, 0.4) is 0 Å². The van der Waals surface area contributed by atoms with Gasteiger partial charge in [0.05, 0.1) is 15.6 Å². The van der Waals surface area contributed by atoms with E-state index in [1.54, 1.807) is 35.2 Å². The Kier molecular flexibility index (Phi) is 9.23. The monoisotopic (exact) mass is 605 g/mol. The Morgan fingerprint density at radius 1 is 1.00 bits per heavy atom. The Balaban J connectivity index is 0.000000257. The topological polar surface area (TPSA) is 61.5 Å². The summed E-state index contributed by atoms with van der Waals surface area (Å²) < 4.78 is 33.1. The number of allylic oxidation sites excluding steroid dienone is 2. The minimum Gasteiger partial charge on any atom is -0.335 e. The van der Waals surface area contributed by atoms with Gasteiger partial charge in [0.2, 0.25) is 5.52 Å². The lowest BCUT2D eigenvalue weighted by atomic mass is 10.2. The fourth-order valence-corrected chi connectivity index (χ4v) is 7.02. The van der Waals surface area contributed by atoms with Gasteiger partial charge in [0.25, 0.3) is 15.1 Å². The van der Waals surface area contributed by atoms with Crippen LogP contribution >= 0.6 is 46.3 Å². The number of anilines is 1. The molecule has 1 aliphatic rings. The van der Waals surface area contributed by atoms with Crippen LogP contribution in [0.5, 0.6) is 0 Å². The van der Waals surface area contributed by atoms with Crippen LogP contribution in [0.2, 0.25) is 10.0 Å². The molecule has 3 aromatic carbocycles. The molecule has 0 radical (unpaired) electrons. The molecule has 10 heteroatoms. The average molecular weight is 607 g/mol. The van der Waals surface area contributed by atoms with Crippen molar-refractivity contribution in [3.63, 3.8) is 0 Å². The fourth-order valence-electron chi connectivity index (χ4n) is 3.97. The SMILES string of the molecule is CCN1/C(=C/C=C/c2sc3ccc(Cl)cc3[n+]2CC)Sc2ccc(Cl)cc21.Cc1ccc(S(=O)(=O)O)cc1. The standard InChI is InChI=1S/C21H19Cl2N2S2.C7H8O3S/c1-3-24-16-12-14(22)8-10-18(16)26-20(24)6-5-7-21-25(4-2)17-13-15(23)9-11-19(17)27-21;1-6-2-4-7(5-3-6)11(8,9)10/h5-13H,3-4H2,1-2H3;2-5H,1H3,(H,8,9,10)/q+1;. The van der Waals surface area contributed by atoms with Crippen LogP contribution in [0.4, 0.5) is 5.69 Å². The van der Waals surface area contributed by atoms with Gasteiger partial charge in [-0.2, -0.15) is 13.0 Å². The third kappa shape index (κ3) is 6.62. The summed E-state index contributed by atoms with van der Waals surface area (Å²) in [6, 6.07) is 18.2. The van der Waals surface area contributed by atoms with Crippen LogP contribution in [-0.4, -0.2) is 19.5 Å². The van der Waals surface area contributed by atoms with Crippen molar-refractivity contribution in [1.29, 1.82) is 0 Å². The Labute approximate surface area is 241 Å². The number of halogens is 2. The van der Waals surface area contributed by atoms with Gasteiger partial charge in [0.1, 0.15) is 11.2 Å². The zero-order valence-corrected chi connectivity index (χ0v) is 25.0. The molecule has 38 heavy (non-hydrogen) atoms. The first-order valence-electron chi connectivity index (χ1n) is 11.9. The van der Waals surface area contributed by atoms with Crippen molar-refractivity contribution in [1.82, 2.24) is 0 Å². The summed E-state index contributed by atoms with van der Waals surface area (Å²) in [5, 5.41) is 3.99. The van der Waals surface area contributed by atoms with Crippen LogP contribution < -0.4 is 9.47 Å². The van der Waals surface area contributed by atoms with Crippen molar-refractivity contribution in [3.05, 3.63) is 98.5 Å². The molecule has 0 unspecified atom stereocenters. The molecular formula is C28H27Cl2N2O3S3+. The molecule has 0 aliphatic carbocycles. The molecule has 198 valence electrons. The van der Waals surface area contributed by atoms with E-state index in [0.717, 1.165) is 28.7 Å². The summed E-state index contributed by atoms with van der Waals surface area (Å²) in [7, 11) is -4.02. The first-order valence-corrected chi connectivity index (χ1v) is 15.7. The number of benzene rings is 3. The van der Waals surface area contributed by atoms with E-state index in [0.29, 0.717) is 0 Å². The molecule has 0 amide bonds. The maximum Gasteiger partial charge on any atom is 0.294 e. The smallest absolute Gasteiger partial charge is 0.294 e. The van der Waals surface area contributed by atoms with E-state index < -0.39 is 10.1 Å². The number of thioether (sulfide) groups is 1. The van der Waals surface area contributed by atoms with Gasteiger partial charge < -0.3 is 4.90 Å². The molecule has 1 aromatic heterocycles. The fraction of sp³-hybridized carbons (Fsp3) is 0.179. The Morgan fingerprint density at radius 2 is 1.68 bits per heavy atom. The van der Waals surface area contributed by atoms with E-state index in [1.807, 2.05) is 31.2 Å². The highest BCUT2D eigenvalue weighted by Crippen LogP contribution is 2.46. The van der Waals surface area contributed by atoms with Gasteiger partial charge in [0.15, 0.2) is 0 Å². The number of nitrogens with zero attached hydrogens (tertiary/aromatic N) is 2. The van der Waals surface area contributed by atoms with Gasteiger partial charge in [-0.25, -0.2) is 0 Å². The molecule has 0 saturated heterocycles. The van der Waals surface area contributed by atoms with Gasteiger partial charge in [-0.1, -0.05) is 70.1 Å². The number of hydrogen-bond acceptors (Lipinski definition) is 5. The molecule has 2 heterocycles. The number of hydrogen-bond donors (Lipinski definition) is 1. The van der Waals surface area contributed by atoms with Crippen molar-refractivity contribution in [2.24, 2.45) is 0 Å². The number of thiazole rings is 1. The third-order valence-electron chi connectivity index (χ3n) is 5.81. The largest absolute Gasteiger partial charge is 0.335 e. The highest BCUT2D eigenvalue weighted by molar-refractivity contribution is 8.03. The van der Waals surface area contributed by atoms with E-state index in [-0.39, 0.29) is 4.90 Å². The van der Waals surface area contributed by atoms with Crippen LogP contribution in [0, 0.1) is 6.92 Å². The van der Waals surface area contributed by atoms with Crippen molar-refractivity contribution >= 4 is 78.4 Å². The number of fused-ring (bicyclic) bond motifs is 2. The molecule has 1 aliphatic heterocycles. The summed E-state index contributed by atoms with van der Waals surface area (Å²) in [4.78, 5) is 3.48. The predicted molar refractivity (Wildman–Crippen MR) is 161 cm³/mol. The van der Waals surface area contributed by atoms with Gasteiger partial charge in [-0.05, 0) is 69.3 Å². The van der Waals surface area contributed by atoms with Crippen molar-refractivity contribution in [2.75, 3.05) is 11.4 Å². The first kappa shape index (κ1) is 28.7. The van der Waals surface area contributed by atoms with E-state index in [4.69, 9.17) is 27.8 Å². The summed E-state index contributed by atoms with van der Waals surface area (Å²) in [6.07, 6.45) is 6.50. The second-order valence-corrected chi connectivity index (χ2v) is 12.8. The second kappa shape index (κ2) is 12.2. The Morgan fingerprint density at radius 3 is 2.34 bits per heavy atom. The average Bonchev–Trinajstić information content (AvgIpc) is 3.40. The summed E-state index contributed by atoms with van der Waals surface area (Å²) >= 11 is 15.9. The van der Waals surface area contributed by atoms with Crippen molar-refractivity contribution < 1.29 is 17.5 Å². The van der Waals surface area contributed by atoms with Gasteiger partial charge in [0, 0.05) is 33.6 Å². The van der Waals surface area contributed by atoms with E-state index in [9.17, 15) is 8.42 Å². The molecule has 0 saturated carbocycles. The summed E-state index contributed by atoms with van der Waals surface area (Å²) in [5.41, 5.74) is 3.34. The zero-order valence-electron chi connectivity index (χ0n) is 21.1. The van der Waals surface area contributed by atoms with E-state index in [1.165, 1.54) is 43.0 Å². The van der Waals surface area contributed by atoms with Crippen molar-refractivity contribution in [2.45, 2.75) is 37.1 Å². The molecule has 0 bridgehead atoms. The van der Waals surface area contributed by atoms with Gasteiger partial charge >= 0.3 is 0 Å². The number of rotatable bonds is 5. The van der Waals surface area contributed by atoms with Crippen molar-refractivity contribution in [3.8, 4) is 0 Å². The highest BCUT2D eigenvalue weighted by Gasteiger charge is 2.23. The lowest BCUT2D eigenvalue weighted by molar-refractivity contribution is -0.665. The number of aromatic nitrogens is 1. The molecule has 5 nitrogen and oxygen atoms in total. The zero-order chi connectivity index (χ0) is 27.4. The second-order valence-electron chi connectivity index (χ2n) is 8.41. The van der Waals surface area contributed by atoms with Crippen LogP contribution in [0.15, 0.2) is 87.6 Å². The quantitative estimate of drug-likeness (QED) is 0.183. The minimum atomic E-state index is -4.02. The lowest BCUT2D eigenvalue weighted by Crippen LogP contribution is -2.33. The van der Waals surface area contributed by atoms with E-state index in [2.05, 4.69) is 53.7 Å². The Bertz CT molecular complexity index is 1630. The van der Waals surface area contributed by atoms with Crippen LogP contribution in [0.25, 0.3) is 16.3 Å². The first-order chi connectivity index (χ1) is 18.1. The maximum absolute atomic E-state index is 10.5. The van der Waals surface area contributed by atoms with Crippen LogP contribution in [-0.2, 0) is 16.7 Å². The molecule has 5 rings (SSSR count). The highest BCUT2D eigenvalue weighted by atomic mass is 35.5. The Hall–Kier alpha value is -2.33. The molecular weight excluding hydrogens is 579 g/mol. The van der Waals surface area contributed by atoms with Crippen LogP contribution in [0.1, 0.15) is 24.4 Å². The summed E-state index contributed by atoms with van der Waals surface area (Å²) in [5.74, 6) is 0. The summed E-state index contributed by atoms with van der Waals surface area (Å²) in [6.45, 7) is 7.99. The third-order valence-corrected chi connectivity index (χ3v) is 9.41. The lowest BCUT2D eigenvalue weighted by Gasteiger charge is -2.17. The van der Waals surface area contributed by atoms with E-state index >= 15 is 0 Å². The molecule has 1 N–H and O–H groups in total. The maximum atomic E-state index is 10.5. The molecule has 4 aromatic rings. The normalized spacial score (nSPS) is 14.3. The van der Waals surface area contributed by atoms with Gasteiger partial charge in [-0.15, -0.1) is 0 Å².